The summed E-state index contributed by atoms with van der Waals surface area (Å²) in [4.78, 5) is 6.51. The van der Waals surface area contributed by atoms with Crippen LogP contribution in [0.25, 0.3) is 0 Å². The molecule has 0 spiro atoms. The summed E-state index contributed by atoms with van der Waals surface area (Å²) < 4.78 is 39.4. The van der Waals surface area contributed by atoms with Crippen LogP contribution in [0.15, 0.2) is 12.4 Å². The molecule has 0 amide bonds. The number of anilines is 1. The van der Waals surface area contributed by atoms with E-state index in [1.807, 2.05) is 6.92 Å². The molecule has 2 rings (SSSR count). The van der Waals surface area contributed by atoms with Gasteiger partial charge in [0.2, 0.25) is 5.82 Å². The first kappa shape index (κ1) is 14.5. The first-order valence-corrected chi connectivity index (χ1v) is 6.00. The number of aromatic nitrogens is 5. The summed E-state index contributed by atoms with van der Waals surface area (Å²) in [6.45, 7) is 2.73. The molecule has 0 saturated heterocycles. The molecule has 0 aromatic carbocycles. The van der Waals surface area contributed by atoms with Gasteiger partial charge < -0.3 is 9.88 Å². The van der Waals surface area contributed by atoms with E-state index >= 15 is 0 Å². The Labute approximate surface area is 117 Å². The molecule has 2 heterocycles. The molecule has 0 unspecified atom stereocenters. The number of hydrogen-bond acceptors (Lipinski definition) is 5. The maximum atomic E-state index is 12.5. The Morgan fingerprint density at radius 1 is 1.35 bits per heavy atom. The standard InChI is InChI=1S/C10H10ClF3N6/c1-2-20-5-16-19-8(20)4-15-7-3-6(11)17-9(18-7)10(12,13)14/h3,5H,2,4H2,1H3,(H,15,17,18). The quantitative estimate of drug-likeness (QED) is 0.878. The molecule has 10 heteroatoms. The second-order valence-corrected chi connectivity index (χ2v) is 4.17. The molecule has 2 aromatic heterocycles. The first-order chi connectivity index (χ1) is 9.40. The topological polar surface area (TPSA) is 68.5 Å². The fourth-order valence-corrected chi connectivity index (χ4v) is 1.67. The number of alkyl halides is 3. The third-order valence-corrected chi connectivity index (χ3v) is 2.61. The summed E-state index contributed by atoms with van der Waals surface area (Å²) in [5.41, 5.74) is 0. The van der Waals surface area contributed by atoms with Crippen LogP contribution in [0, 0.1) is 0 Å². The monoisotopic (exact) mass is 306 g/mol. The highest BCUT2D eigenvalue weighted by atomic mass is 35.5. The van der Waals surface area contributed by atoms with Crippen molar-refractivity contribution in [1.82, 2.24) is 24.7 Å². The molecule has 2 aromatic rings. The van der Waals surface area contributed by atoms with Crippen LogP contribution in [0.3, 0.4) is 0 Å². The number of nitrogens with one attached hydrogen (secondary N) is 1. The van der Waals surface area contributed by atoms with E-state index in [9.17, 15) is 13.2 Å². The molecule has 20 heavy (non-hydrogen) atoms. The highest BCUT2D eigenvalue weighted by Gasteiger charge is 2.35. The second kappa shape index (κ2) is 5.61. The lowest BCUT2D eigenvalue weighted by molar-refractivity contribution is -0.144. The number of hydrogen-bond donors (Lipinski definition) is 1. The molecular weight excluding hydrogens is 297 g/mol. The zero-order chi connectivity index (χ0) is 14.8. The van der Waals surface area contributed by atoms with Crippen molar-refractivity contribution in [3.8, 4) is 0 Å². The van der Waals surface area contributed by atoms with E-state index in [0.717, 1.165) is 0 Å². The number of rotatable bonds is 4. The molecule has 0 aliphatic carbocycles. The van der Waals surface area contributed by atoms with Gasteiger partial charge in [-0.25, -0.2) is 9.97 Å². The Kier molecular flexibility index (Phi) is 4.07. The summed E-state index contributed by atoms with van der Waals surface area (Å²) in [6.07, 6.45) is -3.12. The summed E-state index contributed by atoms with van der Waals surface area (Å²) in [7, 11) is 0. The molecule has 1 N–H and O–H groups in total. The van der Waals surface area contributed by atoms with Crippen molar-refractivity contribution < 1.29 is 13.2 Å². The zero-order valence-electron chi connectivity index (χ0n) is 10.3. The van der Waals surface area contributed by atoms with E-state index in [1.165, 1.54) is 12.4 Å². The maximum absolute atomic E-state index is 12.5. The lowest BCUT2D eigenvalue weighted by Crippen LogP contribution is -2.14. The van der Waals surface area contributed by atoms with Gasteiger partial charge in [0.1, 0.15) is 17.3 Å². The maximum Gasteiger partial charge on any atom is 0.451 e. The van der Waals surface area contributed by atoms with Gasteiger partial charge in [-0.2, -0.15) is 13.2 Å². The van der Waals surface area contributed by atoms with Crippen LogP contribution >= 0.6 is 11.6 Å². The number of halogens is 4. The van der Waals surface area contributed by atoms with Crippen molar-refractivity contribution in [2.45, 2.75) is 26.2 Å². The summed E-state index contributed by atoms with van der Waals surface area (Å²) in [5.74, 6) is -0.733. The summed E-state index contributed by atoms with van der Waals surface area (Å²) >= 11 is 5.55. The largest absolute Gasteiger partial charge is 0.451 e. The summed E-state index contributed by atoms with van der Waals surface area (Å²) in [5, 5.41) is 9.99. The Balaban J connectivity index is 2.16. The third kappa shape index (κ3) is 3.35. The lowest BCUT2D eigenvalue weighted by atomic mass is 10.4. The molecule has 108 valence electrons. The van der Waals surface area contributed by atoms with E-state index in [2.05, 4.69) is 25.5 Å². The van der Waals surface area contributed by atoms with Gasteiger partial charge in [0.15, 0.2) is 5.82 Å². The molecule has 0 atom stereocenters. The predicted octanol–water partition coefficient (Wildman–Crippen LogP) is 2.37. The van der Waals surface area contributed by atoms with Gasteiger partial charge in [-0.3, -0.25) is 0 Å². The van der Waals surface area contributed by atoms with Crippen molar-refractivity contribution in [3.63, 3.8) is 0 Å². The Morgan fingerprint density at radius 2 is 2.10 bits per heavy atom. The molecule has 0 radical (unpaired) electrons. The number of aryl methyl sites for hydroxylation is 1. The smallest absolute Gasteiger partial charge is 0.363 e. The minimum atomic E-state index is -4.65. The minimum Gasteiger partial charge on any atom is -0.363 e. The second-order valence-electron chi connectivity index (χ2n) is 3.78. The van der Waals surface area contributed by atoms with Crippen LogP contribution in [0.5, 0.6) is 0 Å². The SMILES string of the molecule is CCn1cnnc1CNc1cc(Cl)nc(C(F)(F)F)n1. The lowest BCUT2D eigenvalue weighted by Gasteiger charge is -2.09. The number of nitrogens with zero attached hydrogens (tertiary/aromatic N) is 5. The molecule has 0 bridgehead atoms. The van der Waals surface area contributed by atoms with E-state index in [4.69, 9.17) is 11.6 Å². The van der Waals surface area contributed by atoms with Crippen LogP contribution in [-0.2, 0) is 19.3 Å². The van der Waals surface area contributed by atoms with Gasteiger partial charge in [0.05, 0.1) is 6.54 Å². The summed E-state index contributed by atoms with van der Waals surface area (Å²) in [6, 6.07) is 1.21. The van der Waals surface area contributed by atoms with Gasteiger partial charge in [-0.05, 0) is 6.92 Å². The van der Waals surface area contributed by atoms with E-state index in [0.29, 0.717) is 12.4 Å². The highest BCUT2D eigenvalue weighted by Crippen LogP contribution is 2.28. The third-order valence-electron chi connectivity index (χ3n) is 2.41. The minimum absolute atomic E-state index is 0.0250. The van der Waals surface area contributed by atoms with Crippen molar-refractivity contribution in [3.05, 3.63) is 29.2 Å². The average Bonchev–Trinajstić information content (AvgIpc) is 2.82. The van der Waals surface area contributed by atoms with Gasteiger partial charge >= 0.3 is 6.18 Å². The van der Waals surface area contributed by atoms with Crippen LogP contribution in [0.2, 0.25) is 5.15 Å². The molecule has 0 fully saturated rings. The predicted molar refractivity (Wildman–Crippen MR) is 65.1 cm³/mol. The van der Waals surface area contributed by atoms with Crippen molar-refractivity contribution >= 4 is 17.4 Å². The average molecular weight is 307 g/mol. The zero-order valence-corrected chi connectivity index (χ0v) is 11.1. The van der Waals surface area contributed by atoms with Crippen LogP contribution in [0.1, 0.15) is 18.6 Å². The van der Waals surface area contributed by atoms with Gasteiger partial charge in [-0.15, -0.1) is 10.2 Å². The van der Waals surface area contributed by atoms with Crippen molar-refractivity contribution in [2.75, 3.05) is 5.32 Å². The van der Waals surface area contributed by atoms with Crippen LogP contribution in [0.4, 0.5) is 19.0 Å². The molecule has 0 aliphatic heterocycles. The normalized spacial score (nSPS) is 11.7. The molecule has 6 nitrogen and oxygen atoms in total. The van der Waals surface area contributed by atoms with E-state index in [1.54, 1.807) is 4.57 Å². The van der Waals surface area contributed by atoms with Gasteiger partial charge in [0, 0.05) is 12.6 Å². The van der Waals surface area contributed by atoms with Crippen LogP contribution < -0.4 is 5.32 Å². The van der Waals surface area contributed by atoms with Gasteiger partial charge in [0.25, 0.3) is 0 Å². The van der Waals surface area contributed by atoms with Crippen molar-refractivity contribution in [1.29, 1.82) is 0 Å². The molecular formula is C10H10ClF3N6. The van der Waals surface area contributed by atoms with Crippen LogP contribution in [-0.4, -0.2) is 24.7 Å². The van der Waals surface area contributed by atoms with E-state index in [-0.39, 0.29) is 17.5 Å². The highest BCUT2D eigenvalue weighted by molar-refractivity contribution is 6.29. The van der Waals surface area contributed by atoms with Crippen molar-refractivity contribution in [2.24, 2.45) is 0 Å². The Bertz CT molecular complexity index is 597. The molecule has 0 aliphatic rings. The van der Waals surface area contributed by atoms with Gasteiger partial charge in [-0.1, -0.05) is 11.6 Å². The molecule has 0 saturated carbocycles. The fourth-order valence-electron chi connectivity index (χ4n) is 1.48. The van der Waals surface area contributed by atoms with E-state index < -0.39 is 12.0 Å². The first-order valence-electron chi connectivity index (χ1n) is 5.62. The Morgan fingerprint density at radius 3 is 2.75 bits per heavy atom. The Hall–Kier alpha value is -1.90. The fraction of sp³-hybridized carbons (Fsp3) is 0.400.